The van der Waals surface area contributed by atoms with Gasteiger partial charge in [-0.2, -0.15) is 13.2 Å². The van der Waals surface area contributed by atoms with E-state index < -0.39 is 11.7 Å². The van der Waals surface area contributed by atoms with Gasteiger partial charge >= 0.3 is 6.18 Å². The van der Waals surface area contributed by atoms with Crippen LogP contribution in [-0.2, 0) is 6.18 Å². The maximum atomic E-state index is 13.1. The van der Waals surface area contributed by atoms with Crippen LogP contribution < -0.4 is 5.32 Å². The molecule has 0 aliphatic carbocycles. The van der Waals surface area contributed by atoms with E-state index in [9.17, 15) is 13.2 Å². The van der Waals surface area contributed by atoms with Crippen LogP contribution in [0.5, 0.6) is 0 Å². The van der Waals surface area contributed by atoms with Crippen LogP contribution in [0.4, 0.5) is 13.2 Å². The number of halogens is 6. The van der Waals surface area contributed by atoms with Gasteiger partial charge in [0.1, 0.15) is 0 Å². The summed E-state index contributed by atoms with van der Waals surface area (Å²) >= 11 is 5.69. The average Bonchev–Trinajstić information content (AvgIpc) is 2.38. The molecule has 2 rings (SSSR count). The van der Waals surface area contributed by atoms with Crippen LogP contribution in [0.3, 0.4) is 0 Å². The van der Waals surface area contributed by atoms with Crippen LogP contribution in [0, 0.1) is 0 Å². The SMILES string of the molecule is C[C@@H](c1ccc(Cl)cc1C(F)(F)F)N1CCNCC1.Cl.Cl. The third-order valence-electron chi connectivity index (χ3n) is 3.47. The molecule has 1 aliphatic rings. The molecule has 1 aliphatic heterocycles. The fourth-order valence-corrected chi connectivity index (χ4v) is 2.58. The molecule has 8 heteroatoms. The monoisotopic (exact) mass is 364 g/mol. The van der Waals surface area contributed by atoms with Crippen molar-refractivity contribution in [2.75, 3.05) is 26.2 Å². The van der Waals surface area contributed by atoms with E-state index in [1.54, 1.807) is 0 Å². The molecule has 0 saturated carbocycles. The lowest BCUT2D eigenvalue weighted by atomic mass is 9.99. The van der Waals surface area contributed by atoms with E-state index in [0.717, 1.165) is 32.2 Å². The second kappa shape index (κ2) is 8.44. The van der Waals surface area contributed by atoms with Crippen molar-refractivity contribution in [1.29, 1.82) is 0 Å². The Morgan fingerprint density at radius 2 is 1.76 bits per heavy atom. The molecule has 1 saturated heterocycles. The quantitative estimate of drug-likeness (QED) is 0.846. The first-order valence-electron chi connectivity index (χ1n) is 6.21. The standard InChI is InChI=1S/C13H16ClF3N2.2ClH/c1-9(19-6-4-18-5-7-19)11-3-2-10(14)8-12(11)13(15,16)17;;/h2-3,8-9,18H,4-7H2,1H3;2*1H/t9-;;/m0../s1. The molecule has 0 aromatic heterocycles. The van der Waals surface area contributed by atoms with Crippen molar-refractivity contribution in [3.63, 3.8) is 0 Å². The van der Waals surface area contributed by atoms with Gasteiger partial charge in [-0.05, 0) is 24.6 Å². The van der Waals surface area contributed by atoms with Crippen LogP contribution in [0.25, 0.3) is 0 Å². The average molecular weight is 366 g/mol. The van der Waals surface area contributed by atoms with Crippen LogP contribution in [0.2, 0.25) is 5.02 Å². The zero-order chi connectivity index (χ0) is 14.0. The minimum absolute atomic E-state index is 0. The Bertz CT molecular complexity index is 449. The summed E-state index contributed by atoms with van der Waals surface area (Å²) in [4.78, 5) is 2.05. The molecule has 1 heterocycles. The number of benzene rings is 1. The van der Waals surface area contributed by atoms with E-state index in [4.69, 9.17) is 11.6 Å². The summed E-state index contributed by atoms with van der Waals surface area (Å²) in [5, 5.41) is 3.30. The highest BCUT2D eigenvalue weighted by atomic mass is 35.5. The largest absolute Gasteiger partial charge is 0.416 e. The summed E-state index contributed by atoms with van der Waals surface area (Å²) in [6, 6.07) is 3.74. The number of alkyl halides is 3. The molecule has 1 atom stereocenters. The Hall–Kier alpha value is -0.200. The van der Waals surface area contributed by atoms with Gasteiger partial charge in [-0.1, -0.05) is 17.7 Å². The number of nitrogens with one attached hydrogen (secondary N) is 1. The van der Waals surface area contributed by atoms with Crippen molar-refractivity contribution >= 4 is 36.4 Å². The number of rotatable bonds is 2. The molecule has 1 N–H and O–H groups in total. The van der Waals surface area contributed by atoms with Gasteiger partial charge in [0.25, 0.3) is 0 Å². The first-order valence-corrected chi connectivity index (χ1v) is 6.59. The number of hydrogen-bond donors (Lipinski definition) is 1. The van der Waals surface area contributed by atoms with Crippen LogP contribution in [0.1, 0.15) is 24.1 Å². The second-order valence-corrected chi connectivity index (χ2v) is 5.13. The van der Waals surface area contributed by atoms with E-state index >= 15 is 0 Å². The summed E-state index contributed by atoms with van der Waals surface area (Å²) in [6.45, 7) is 4.92. The lowest BCUT2D eigenvalue weighted by Gasteiger charge is -2.34. The summed E-state index contributed by atoms with van der Waals surface area (Å²) in [5.41, 5.74) is -0.343. The molecular formula is C13H18Cl3F3N2. The zero-order valence-electron chi connectivity index (χ0n) is 11.4. The van der Waals surface area contributed by atoms with Gasteiger partial charge in [-0.15, -0.1) is 24.8 Å². The highest BCUT2D eigenvalue weighted by molar-refractivity contribution is 6.30. The minimum Gasteiger partial charge on any atom is -0.314 e. The van der Waals surface area contributed by atoms with Crippen molar-refractivity contribution in [2.24, 2.45) is 0 Å². The van der Waals surface area contributed by atoms with Crippen molar-refractivity contribution in [3.8, 4) is 0 Å². The lowest BCUT2D eigenvalue weighted by Crippen LogP contribution is -2.44. The molecule has 2 nitrogen and oxygen atoms in total. The molecular weight excluding hydrogens is 348 g/mol. The zero-order valence-corrected chi connectivity index (χ0v) is 13.8. The van der Waals surface area contributed by atoms with Crippen molar-refractivity contribution in [1.82, 2.24) is 10.2 Å². The highest BCUT2D eigenvalue weighted by Gasteiger charge is 2.35. The molecule has 0 unspecified atom stereocenters. The van der Waals surface area contributed by atoms with Crippen LogP contribution >= 0.6 is 36.4 Å². The molecule has 1 fully saturated rings. The minimum atomic E-state index is -4.37. The van der Waals surface area contributed by atoms with E-state index in [1.165, 1.54) is 12.1 Å². The molecule has 0 radical (unpaired) electrons. The maximum Gasteiger partial charge on any atom is 0.416 e. The van der Waals surface area contributed by atoms with Crippen molar-refractivity contribution in [3.05, 3.63) is 34.3 Å². The van der Waals surface area contributed by atoms with Gasteiger partial charge in [-0.25, -0.2) is 0 Å². The normalized spacial score (nSPS) is 17.6. The number of nitrogens with zero attached hydrogens (tertiary/aromatic N) is 1. The second-order valence-electron chi connectivity index (χ2n) is 4.69. The fourth-order valence-electron chi connectivity index (χ4n) is 2.40. The molecule has 0 bridgehead atoms. The van der Waals surface area contributed by atoms with Crippen LogP contribution in [-0.4, -0.2) is 31.1 Å². The number of piperazine rings is 1. The predicted molar refractivity (Wildman–Crippen MR) is 83.8 cm³/mol. The number of hydrogen-bond acceptors (Lipinski definition) is 2. The van der Waals surface area contributed by atoms with Gasteiger partial charge in [0.15, 0.2) is 0 Å². The molecule has 122 valence electrons. The van der Waals surface area contributed by atoms with Gasteiger partial charge in [-0.3, -0.25) is 4.90 Å². The lowest BCUT2D eigenvalue weighted by molar-refractivity contribution is -0.138. The Kier molecular flexibility index (Phi) is 8.36. The fraction of sp³-hybridized carbons (Fsp3) is 0.538. The molecule has 0 amide bonds. The van der Waals surface area contributed by atoms with Gasteiger partial charge in [0, 0.05) is 37.2 Å². The third kappa shape index (κ3) is 5.18. The van der Waals surface area contributed by atoms with Crippen molar-refractivity contribution < 1.29 is 13.2 Å². The predicted octanol–water partition coefficient (Wildman–Crippen LogP) is 4.17. The smallest absolute Gasteiger partial charge is 0.314 e. The van der Waals surface area contributed by atoms with Crippen LogP contribution in [0.15, 0.2) is 18.2 Å². The molecule has 0 spiro atoms. The van der Waals surface area contributed by atoms with E-state index in [1.807, 2.05) is 6.92 Å². The molecule has 1 aromatic carbocycles. The summed E-state index contributed by atoms with van der Waals surface area (Å²) in [7, 11) is 0. The molecule has 21 heavy (non-hydrogen) atoms. The van der Waals surface area contributed by atoms with Gasteiger partial charge in [0.05, 0.1) is 5.56 Å². The first kappa shape index (κ1) is 20.8. The topological polar surface area (TPSA) is 15.3 Å². The summed E-state index contributed by atoms with van der Waals surface area (Å²) in [5.74, 6) is 0. The van der Waals surface area contributed by atoms with E-state index in [-0.39, 0.29) is 35.9 Å². The maximum absolute atomic E-state index is 13.1. The molecule has 1 aromatic rings. The Labute approximate surface area is 139 Å². The Morgan fingerprint density at radius 1 is 1.19 bits per heavy atom. The first-order chi connectivity index (χ1) is 8.89. The van der Waals surface area contributed by atoms with Crippen molar-refractivity contribution in [2.45, 2.75) is 19.1 Å². The van der Waals surface area contributed by atoms with E-state index in [2.05, 4.69) is 10.2 Å². The Balaban J connectivity index is 0.00000200. The highest BCUT2D eigenvalue weighted by Crippen LogP contribution is 2.37. The van der Waals surface area contributed by atoms with Gasteiger partial charge in [0.2, 0.25) is 0 Å². The summed E-state index contributed by atoms with van der Waals surface area (Å²) in [6.07, 6.45) is -4.37. The third-order valence-corrected chi connectivity index (χ3v) is 3.71. The van der Waals surface area contributed by atoms with Gasteiger partial charge < -0.3 is 5.32 Å². The summed E-state index contributed by atoms with van der Waals surface area (Å²) < 4.78 is 39.2. The Morgan fingerprint density at radius 3 is 2.29 bits per heavy atom. The van der Waals surface area contributed by atoms with E-state index in [0.29, 0.717) is 5.56 Å².